The van der Waals surface area contributed by atoms with Crippen molar-refractivity contribution in [3.8, 4) is 11.5 Å². The summed E-state index contributed by atoms with van der Waals surface area (Å²) in [5.74, 6) is 0.0541. The Bertz CT molecular complexity index is 1070. The van der Waals surface area contributed by atoms with Crippen LogP contribution in [-0.2, 0) is 4.79 Å². The van der Waals surface area contributed by atoms with E-state index in [0.717, 1.165) is 0 Å². The topological polar surface area (TPSA) is 76.7 Å². The SMILES string of the molecule is COc1cc(NC(=O)COc2ccccc2Cl)ccc1NC(=O)c1ccccc1Cl. The highest BCUT2D eigenvalue weighted by atomic mass is 35.5. The Morgan fingerprint density at radius 2 is 1.57 bits per heavy atom. The molecule has 0 saturated carbocycles. The number of carbonyl (C=O) groups is 2. The van der Waals surface area contributed by atoms with Gasteiger partial charge >= 0.3 is 0 Å². The van der Waals surface area contributed by atoms with Gasteiger partial charge in [0.15, 0.2) is 6.61 Å². The Morgan fingerprint density at radius 3 is 2.27 bits per heavy atom. The molecule has 0 unspecified atom stereocenters. The van der Waals surface area contributed by atoms with E-state index in [9.17, 15) is 9.59 Å². The Morgan fingerprint density at radius 1 is 0.867 bits per heavy atom. The quantitative estimate of drug-likeness (QED) is 0.520. The smallest absolute Gasteiger partial charge is 0.262 e. The minimum atomic E-state index is -0.371. The fourth-order valence-electron chi connectivity index (χ4n) is 2.61. The van der Waals surface area contributed by atoms with Crippen LogP contribution in [0.15, 0.2) is 66.7 Å². The number of carbonyl (C=O) groups excluding carboxylic acids is 2. The van der Waals surface area contributed by atoms with Crippen LogP contribution in [0, 0.1) is 0 Å². The number of ether oxygens (including phenoxy) is 2. The maximum absolute atomic E-state index is 12.5. The van der Waals surface area contributed by atoms with E-state index in [1.807, 2.05) is 0 Å². The molecule has 0 aliphatic carbocycles. The van der Waals surface area contributed by atoms with Gasteiger partial charge in [-0.2, -0.15) is 0 Å². The summed E-state index contributed by atoms with van der Waals surface area (Å²) in [5, 5.41) is 6.22. The van der Waals surface area contributed by atoms with Crippen molar-refractivity contribution in [2.45, 2.75) is 0 Å². The van der Waals surface area contributed by atoms with Crippen molar-refractivity contribution in [1.82, 2.24) is 0 Å². The van der Waals surface area contributed by atoms with Gasteiger partial charge in [0.1, 0.15) is 11.5 Å². The first-order valence-electron chi connectivity index (χ1n) is 8.89. The van der Waals surface area contributed by atoms with Crippen LogP contribution < -0.4 is 20.1 Å². The molecule has 0 aliphatic rings. The van der Waals surface area contributed by atoms with E-state index in [2.05, 4.69) is 10.6 Å². The number of hydrogen-bond donors (Lipinski definition) is 2. The molecular formula is C22H18Cl2N2O4. The van der Waals surface area contributed by atoms with Crippen molar-refractivity contribution in [2.24, 2.45) is 0 Å². The van der Waals surface area contributed by atoms with Crippen LogP contribution >= 0.6 is 23.2 Å². The fraction of sp³-hybridized carbons (Fsp3) is 0.0909. The fourth-order valence-corrected chi connectivity index (χ4v) is 3.02. The van der Waals surface area contributed by atoms with Crippen molar-refractivity contribution >= 4 is 46.4 Å². The van der Waals surface area contributed by atoms with Gasteiger partial charge < -0.3 is 20.1 Å². The molecule has 30 heavy (non-hydrogen) atoms. The molecule has 0 heterocycles. The van der Waals surface area contributed by atoms with Crippen LogP contribution in [0.25, 0.3) is 0 Å². The number of rotatable bonds is 7. The lowest BCUT2D eigenvalue weighted by molar-refractivity contribution is -0.118. The molecular weight excluding hydrogens is 427 g/mol. The van der Waals surface area contributed by atoms with E-state index < -0.39 is 0 Å². The largest absolute Gasteiger partial charge is 0.494 e. The van der Waals surface area contributed by atoms with Crippen molar-refractivity contribution in [2.75, 3.05) is 24.4 Å². The molecule has 0 radical (unpaired) electrons. The molecule has 0 aromatic heterocycles. The van der Waals surface area contributed by atoms with E-state index in [-0.39, 0.29) is 18.4 Å². The third kappa shape index (κ3) is 5.43. The molecule has 3 aromatic rings. The average molecular weight is 445 g/mol. The van der Waals surface area contributed by atoms with Crippen LogP contribution in [0.4, 0.5) is 11.4 Å². The molecule has 3 rings (SSSR count). The molecule has 154 valence electrons. The van der Waals surface area contributed by atoms with Gasteiger partial charge in [0.25, 0.3) is 11.8 Å². The predicted octanol–water partition coefficient (Wildman–Crippen LogP) is 5.27. The lowest BCUT2D eigenvalue weighted by atomic mass is 10.2. The van der Waals surface area contributed by atoms with Crippen LogP contribution in [-0.4, -0.2) is 25.5 Å². The Kier molecular flexibility index (Phi) is 7.17. The zero-order valence-corrected chi connectivity index (χ0v) is 17.5. The number of para-hydroxylation sites is 1. The van der Waals surface area contributed by atoms with Gasteiger partial charge in [0, 0.05) is 11.8 Å². The zero-order valence-electron chi connectivity index (χ0n) is 15.9. The second-order valence-electron chi connectivity index (χ2n) is 6.12. The molecule has 6 nitrogen and oxygen atoms in total. The van der Waals surface area contributed by atoms with Gasteiger partial charge in [-0.05, 0) is 36.4 Å². The van der Waals surface area contributed by atoms with Crippen molar-refractivity contribution in [1.29, 1.82) is 0 Å². The molecule has 0 spiro atoms. The number of hydrogen-bond acceptors (Lipinski definition) is 4. The van der Waals surface area contributed by atoms with Crippen LogP contribution in [0.5, 0.6) is 11.5 Å². The summed E-state index contributed by atoms with van der Waals surface area (Å²) in [7, 11) is 1.46. The Hall–Kier alpha value is -3.22. The summed E-state index contributed by atoms with van der Waals surface area (Å²) in [6, 6.07) is 18.5. The maximum Gasteiger partial charge on any atom is 0.262 e. The number of amides is 2. The summed E-state index contributed by atoms with van der Waals surface area (Å²) < 4.78 is 10.8. The molecule has 8 heteroatoms. The summed E-state index contributed by atoms with van der Waals surface area (Å²) in [5.41, 5.74) is 1.26. The van der Waals surface area contributed by atoms with Crippen molar-refractivity contribution < 1.29 is 19.1 Å². The second-order valence-corrected chi connectivity index (χ2v) is 6.93. The molecule has 0 atom stereocenters. The normalized spacial score (nSPS) is 10.2. The van der Waals surface area contributed by atoms with Gasteiger partial charge in [0.05, 0.1) is 28.4 Å². The monoisotopic (exact) mass is 444 g/mol. The molecule has 0 bridgehead atoms. The van der Waals surface area contributed by atoms with E-state index in [1.54, 1.807) is 66.7 Å². The molecule has 3 aromatic carbocycles. The summed E-state index contributed by atoms with van der Waals surface area (Å²) in [4.78, 5) is 24.6. The van der Waals surface area contributed by atoms with Gasteiger partial charge in [-0.25, -0.2) is 0 Å². The van der Waals surface area contributed by atoms with E-state index in [1.165, 1.54) is 7.11 Å². The van der Waals surface area contributed by atoms with E-state index in [0.29, 0.717) is 38.5 Å². The number of halogens is 2. The van der Waals surface area contributed by atoms with E-state index >= 15 is 0 Å². The van der Waals surface area contributed by atoms with Gasteiger partial charge in [-0.15, -0.1) is 0 Å². The Labute approximate surface area is 183 Å². The van der Waals surface area contributed by atoms with Gasteiger partial charge in [0.2, 0.25) is 0 Å². The first-order chi connectivity index (χ1) is 14.5. The highest BCUT2D eigenvalue weighted by Gasteiger charge is 2.14. The summed E-state index contributed by atoms with van der Waals surface area (Å²) in [6.07, 6.45) is 0. The first-order valence-corrected chi connectivity index (χ1v) is 9.64. The third-order valence-corrected chi connectivity index (χ3v) is 4.69. The maximum atomic E-state index is 12.5. The molecule has 2 amide bonds. The highest BCUT2D eigenvalue weighted by molar-refractivity contribution is 6.34. The zero-order chi connectivity index (χ0) is 21.5. The second kappa shape index (κ2) is 10.0. The standard InChI is InChI=1S/C22H18Cl2N2O4/c1-29-20-12-14(25-21(27)13-30-19-9-5-4-8-17(19)24)10-11-18(20)26-22(28)15-6-2-3-7-16(15)23/h2-12H,13H2,1H3,(H,25,27)(H,26,28). The van der Waals surface area contributed by atoms with E-state index in [4.69, 9.17) is 32.7 Å². The van der Waals surface area contributed by atoms with Crippen LogP contribution in [0.1, 0.15) is 10.4 Å². The lowest BCUT2D eigenvalue weighted by Gasteiger charge is -2.13. The number of methoxy groups -OCH3 is 1. The number of anilines is 2. The molecule has 0 aliphatic heterocycles. The molecule has 0 saturated heterocycles. The van der Waals surface area contributed by atoms with Gasteiger partial charge in [-0.3, -0.25) is 9.59 Å². The summed E-state index contributed by atoms with van der Waals surface area (Å²) in [6.45, 7) is -0.211. The molecule has 0 fully saturated rings. The lowest BCUT2D eigenvalue weighted by Crippen LogP contribution is -2.20. The minimum Gasteiger partial charge on any atom is -0.494 e. The Balaban J connectivity index is 1.65. The van der Waals surface area contributed by atoms with Crippen LogP contribution in [0.2, 0.25) is 10.0 Å². The highest BCUT2D eigenvalue weighted by Crippen LogP contribution is 2.29. The number of benzene rings is 3. The van der Waals surface area contributed by atoms with Crippen molar-refractivity contribution in [3.05, 3.63) is 82.3 Å². The predicted molar refractivity (Wildman–Crippen MR) is 118 cm³/mol. The van der Waals surface area contributed by atoms with Crippen molar-refractivity contribution in [3.63, 3.8) is 0 Å². The third-order valence-electron chi connectivity index (χ3n) is 4.05. The van der Waals surface area contributed by atoms with Crippen LogP contribution in [0.3, 0.4) is 0 Å². The average Bonchev–Trinajstić information content (AvgIpc) is 2.74. The number of nitrogens with one attached hydrogen (secondary N) is 2. The minimum absolute atomic E-state index is 0.211. The summed E-state index contributed by atoms with van der Waals surface area (Å²) >= 11 is 12.1. The first kappa shape index (κ1) is 21.5. The molecule has 2 N–H and O–H groups in total. The van der Waals surface area contributed by atoms with Gasteiger partial charge in [-0.1, -0.05) is 47.5 Å².